The molecule has 6 heteroatoms. The number of carbonyl (C=O) groups is 2. The van der Waals surface area contributed by atoms with Crippen LogP contribution in [0.15, 0.2) is 11.5 Å². The summed E-state index contributed by atoms with van der Waals surface area (Å²) in [6.45, 7) is 16.7. The summed E-state index contributed by atoms with van der Waals surface area (Å²) in [5.41, 5.74) is 0. The lowest BCUT2D eigenvalue weighted by Crippen LogP contribution is -2.40. The molecule has 0 bridgehead atoms. The second-order valence-corrected chi connectivity index (χ2v) is 12.8. The zero-order valence-corrected chi connectivity index (χ0v) is 22.1. The largest absolute Gasteiger partial charge is 0.350 e. The Morgan fingerprint density at radius 3 is 1.55 bits per heavy atom. The molecule has 0 saturated carbocycles. The van der Waals surface area contributed by atoms with E-state index >= 15 is 0 Å². The fourth-order valence-electron chi connectivity index (χ4n) is 3.99. The third-order valence-electron chi connectivity index (χ3n) is 5.15. The zero-order valence-electron chi connectivity index (χ0n) is 21.3. The van der Waals surface area contributed by atoms with Gasteiger partial charge in [0.15, 0.2) is 9.84 Å². The van der Waals surface area contributed by atoms with Crippen LogP contribution in [0.3, 0.4) is 0 Å². The van der Waals surface area contributed by atoms with Crippen molar-refractivity contribution in [1.29, 1.82) is 0 Å². The molecule has 0 unspecified atom stereocenters. The van der Waals surface area contributed by atoms with Crippen LogP contribution >= 0.6 is 0 Å². The Morgan fingerprint density at radius 1 is 0.742 bits per heavy atom. The van der Waals surface area contributed by atoms with Gasteiger partial charge in [-0.05, 0) is 49.4 Å². The minimum Gasteiger partial charge on any atom is -0.350 e. The molecule has 1 N–H and O–H groups in total. The first-order valence-electron chi connectivity index (χ1n) is 11.8. The Labute approximate surface area is 191 Å². The minimum absolute atomic E-state index is 0.0148. The van der Waals surface area contributed by atoms with Crippen molar-refractivity contribution >= 4 is 21.5 Å². The summed E-state index contributed by atoms with van der Waals surface area (Å²) in [6, 6.07) is -0.367. The summed E-state index contributed by atoms with van der Waals surface area (Å²) in [5.74, 6) is 1.06. The molecule has 5 nitrogen and oxygen atoms in total. The molecule has 0 spiro atoms. The highest BCUT2D eigenvalue weighted by Crippen LogP contribution is 2.26. The van der Waals surface area contributed by atoms with Gasteiger partial charge in [-0.1, -0.05) is 61.5 Å². The number of nitrogens with one attached hydrogen (secondary N) is 1. The number of Topliss-reactive ketones (excluding diaryl/α,β-unsaturated/α-hetero) is 1. The maximum Gasteiger partial charge on any atom is 0.224 e. The van der Waals surface area contributed by atoms with Crippen molar-refractivity contribution in [1.82, 2.24) is 5.32 Å². The lowest BCUT2D eigenvalue weighted by molar-refractivity contribution is -0.132. The summed E-state index contributed by atoms with van der Waals surface area (Å²) in [7, 11) is -3.27. The van der Waals surface area contributed by atoms with Crippen molar-refractivity contribution in [2.45, 2.75) is 93.5 Å². The normalized spacial score (nSPS) is 14.9. The van der Waals surface area contributed by atoms with Gasteiger partial charge in [-0.2, -0.15) is 0 Å². The molecular formula is C25H47NO4S. The van der Waals surface area contributed by atoms with E-state index in [1.165, 1.54) is 0 Å². The highest BCUT2D eigenvalue weighted by Gasteiger charge is 2.29. The molecule has 0 aromatic carbocycles. The molecule has 0 aliphatic carbocycles. The van der Waals surface area contributed by atoms with Crippen molar-refractivity contribution in [3.63, 3.8) is 0 Å². The van der Waals surface area contributed by atoms with E-state index in [0.717, 1.165) is 24.5 Å². The second-order valence-electron chi connectivity index (χ2n) is 10.9. The van der Waals surface area contributed by atoms with Crippen LogP contribution in [0.2, 0.25) is 0 Å². The predicted molar refractivity (Wildman–Crippen MR) is 130 cm³/mol. The van der Waals surface area contributed by atoms with Gasteiger partial charge in [0.1, 0.15) is 5.78 Å². The molecular weight excluding hydrogens is 410 g/mol. The quantitative estimate of drug-likeness (QED) is 0.357. The number of ketones is 1. The summed E-state index contributed by atoms with van der Waals surface area (Å²) in [4.78, 5) is 26.3. The Balaban J connectivity index is 5.51. The first-order valence-corrected chi connectivity index (χ1v) is 13.8. The van der Waals surface area contributed by atoms with E-state index in [1.54, 1.807) is 6.08 Å². The van der Waals surface area contributed by atoms with Crippen LogP contribution in [0.4, 0.5) is 0 Å². The van der Waals surface area contributed by atoms with E-state index in [0.29, 0.717) is 30.6 Å². The first-order chi connectivity index (χ1) is 14.1. The van der Waals surface area contributed by atoms with Crippen molar-refractivity contribution in [2.24, 2.45) is 35.5 Å². The summed E-state index contributed by atoms with van der Waals surface area (Å²) < 4.78 is 23.1. The Hall–Kier alpha value is -1.17. The van der Waals surface area contributed by atoms with Gasteiger partial charge in [-0.25, -0.2) is 8.42 Å². The lowest BCUT2D eigenvalue weighted by Gasteiger charge is -2.25. The fourth-order valence-corrected chi connectivity index (χ4v) is 4.47. The van der Waals surface area contributed by atoms with Crippen molar-refractivity contribution < 1.29 is 18.0 Å². The Kier molecular flexibility index (Phi) is 13.5. The number of carbonyl (C=O) groups excluding carboxylic acids is 2. The molecule has 31 heavy (non-hydrogen) atoms. The minimum atomic E-state index is -3.27. The Bertz CT molecular complexity index is 668. The average molecular weight is 458 g/mol. The number of amides is 1. The highest BCUT2D eigenvalue weighted by atomic mass is 32.2. The SMILES string of the molecule is CC(C)CC(CC(C)C)C(=O)C[C@@H](CC(C)C)C(=O)N[C@H](/C=C/S(C)(=O)=O)CC(C)C. The molecule has 182 valence electrons. The van der Waals surface area contributed by atoms with Gasteiger partial charge in [-0.3, -0.25) is 9.59 Å². The Morgan fingerprint density at radius 2 is 1.16 bits per heavy atom. The predicted octanol–water partition coefficient (Wildman–Crippen LogP) is 5.41. The topological polar surface area (TPSA) is 80.3 Å². The van der Waals surface area contributed by atoms with Crippen molar-refractivity contribution in [3.05, 3.63) is 11.5 Å². The fraction of sp³-hybridized carbons (Fsp3) is 0.840. The van der Waals surface area contributed by atoms with Gasteiger partial charge in [0, 0.05) is 36.0 Å². The molecule has 0 aliphatic heterocycles. The highest BCUT2D eigenvalue weighted by molar-refractivity contribution is 7.93. The standard InChI is InChI=1S/C25H47NO4S/c1-17(2)12-21(13-18(3)4)24(27)16-22(14-19(5)6)25(28)26-23(15-20(7)8)10-11-31(9,29)30/h10-11,17-23H,12-16H2,1-9H3,(H,26,28)/b11-10+/t22-,23-/m1/s1. The van der Waals surface area contributed by atoms with Crippen LogP contribution < -0.4 is 5.32 Å². The molecule has 0 saturated heterocycles. The van der Waals surface area contributed by atoms with E-state index in [-0.39, 0.29) is 36.0 Å². The molecule has 0 aromatic rings. The van der Waals surface area contributed by atoms with E-state index < -0.39 is 15.8 Å². The van der Waals surface area contributed by atoms with Gasteiger partial charge < -0.3 is 5.32 Å². The van der Waals surface area contributed by atoms with Gasteiger partial charge in [0.2, 0.25) is 5.91 Å². The molecule has 0 radical (unpaired) electrons. The number of hydrogen-bond donors (Lipinski definition) is 1. The van der Waals surface area contributed by atoms with Crippen LogP contribution in [0.5, 0.6) is 0 Å². The van der Waals surface area contributed by atoms with Gasteiger partial charge in [0.05, 0.1) is 0 Å². The smallest absolute Gasteiger partial charge is 0.224 e. The number of hydrogen-bond acceptors (Lipinski definition) is 4. The molecule has 0 heterocycles. The van der Waals surface area contributed by atoms with Crippen molar-refractivity contribution in [2.75, 3.05) is 6.26 Å². The summed E-state index contributed by atoms with van der Waals surface area (Å²) in [5, 5.41) is 4.17. The molecule has 0 aromatic heterocycles. The molecule has 0 aliphatic rings. The van der Waals surface area contributed by atoms with Crippen LogP contribution in [-0.2, 0) is 19.4 Å². The number of rotatable bonds is 15. The van der Waals surface area contributed by atoms with Gasteiger partial charge >= 0.3 is 0 Å². The van der Waals surface area contributed by atoms with E-state index in [2.05, 4.69) is 46.9 Å². The van der Waals surface area contributed by atoms with Gasteiger partial charge in [-0.15, -0.1) is 0 Å². The van der Waals surface area contributed by atoms with E-state index in [4.69, 9.17) is 0 Å². The average Bonchev–Trinajstić information content (AvgIpc) is 2.56. The van der Waals surface area contributed by atoms with E-state index in [1.807, 2.05) is 13.8 Å². The molecule has 1 amide bonds. The third kappa shape index (κ3) is 15.3. The summed E-state index contributed by atoms with van der Waals surface area (Å²) >= 11 is 0. The first kappa shape index (κ1) is 29.8. The van der Waals surface area contributed by atoms with Crippen LogP contribution in [0.1, 0.15) is 87.5 Å². The van der Waals surface area contributed by atoms with Crippen LogP contribution in [0.25, 0.3) is 0 Å². The lowest BCUT2D eigenvalue weighted by atomic mass is 9.81. The zero-order chi connectivity index (χ0) is 24.4. The van der Waals surface area contributed by atoms with Crippen LogP contribution in [0, 0.1) is 35.5 Å². The summed E-state index contributed by atoms with van der Waals surface area (Å²) in [6.07, 6.45) is 5.92. The van der Waals surface area contributed by atoms with Gasteiger partial charge in [0.25, 0.3) is 0 Å². The second kappa shape index (κ2) is 14.1. The molecule has 2 atom stereocenters. The third-order valence-corrected chi connectivity index (χ3v) is 5.80. The maximum absolute atomic E-state index is 13.2. The van der Waals surface area contributed by atoms with Crippen LogP contribution in [-0.4, -0.2) is 32.4 Å². The molecule has 0 rings (SSSR count). The number of sulfone groups is 1. The molecule has 0 fully saturated rings. The van der Waals surface area contributed by atoms with E-state index in [9.17, 15) is 18.0 Å². The maximum atomic E-state index is 13.2. The monoisotopic (exact) mass is 457 g/mol. The van der Waals surface area contributed by atoms with Crippen molar-refractivity contribution in [3.8, 4) is 0 Å².